The van der Waals surface area contributed by atoms with Crippen molar-refractivity contribution in [2.24, 2.45) is 11.1 Å². The molecule has 2 rings (SSSR count). The number of aromatic nitrogens is 2. The first kappa shape index (κ1) is 14.3. The quantitative estimate of drug-likeness (QED) is 0.909. The summed E-state index contributed by atoms with van der Waals surface area (Å²) in [5.74, 6) is 1.39. The Morgan fingerprint density at radius 1 is 1.21 bits per heavy atom. The van der Waals surface area contributed by atoms with Crippen molar-refractivity contribution in [3.8, 4) is 0 Å². The molecular formula is C14H26N4O. The highest BCUT2D eigenvalue weighted by Gasteiger charge is 2.24. The summed E-state index contributed by atoms with van der Waals surface area (Å²) in [7, 11) is 0. The van der Waals surface area contributed by atoms with Crippen molar-refractivity contribution < 1.29 is 4.52 Å². The molecule has 1 aromatic rings. The van der Waals surface area contributed by atoms with Gasteiger partial charge in [-0.05, 0) is 23.4 Å². The Hall–Kier alpha value is -1.10. The molecule has 2 heterocycles. The molecule has 108 valence electrons. The number of rotatable bonds is 3. The number of hydrogen-bond donors (Lipinski definition) is 1. The van der Waals surface area contributed by atoms with Crippen LogP contribution >= 0.6 is 0 Å². The lowest BCUT2D eigenvalue weighted by molar-refractivity contribution is 0.286. The molecule has 2 N–H and O–H groups in total. The molecular weight excluding hydrogens is 240 g/mol. The van der Waals surface area contributed by atoms with Crippen molar-refractivity contribution in [3.63, 3.8) is 0 Å². The molecule has 0 aromatic carbocycles. The van der Waals surface area contributed by atoms with Crippen molar-refractivity contribution in [2.75, 3.05) is 18.0 Å². The molecule has 1 fully saturated rings. The maximum Gasteiger partial charge on any atom is 0.266 e. The van der Waals surface area contributed by atoms with Gasteiger partial charge in [-0.2, -0.15) is 4.98 Å². The molecule has 1 aliphatic rings. The van der Waals surface area contributed by atoms with Gasteiger partial charge in [0.25, 0.3) is 5.95 Å². The van der Waals surface area contributed by atoms with Crippen LogP contribution in [-0.4, -0.2) is 29.3 Å². The molecule has 0 spiro atoms. The van der Waals surface area contributed by atoms with Gasteiger partial charge < -0.3 is 15.2 Å². The van der Waals surface area contributed by atoms with Crippen LogP contribution in [0.4, 0.5) is 5.95 Å². The lowest BCUT2D eigenvalue weighted by atomic mass is 9.85. The first-order valence-electron chi connectivity index (χ1n) is 7.30. The van der Waals surface area contributed by atoms with Crippen molar-refractivity contribution in [2.45, 2.75) is 58.9 Å². The van der Waals surface area contributed by atoms with Crippen LogP contribution in [-0.2, 0) is 6.42 Å². The third kappa shape index (κ3) is 3.93. The Morgan fingerprint density at radius 2 is 1.84 bits per heavy atom. The summed E-state index contributed by atoms with van der Waals surface area (Å²) in [6.45, 7) is 8.45. The third-order valence-corrected chi connectivity index (χ3v) is 3.85. The Balaban J connectivity index is 1.98. The monoisotopic (exact) mass is 266 g/mol. The van der Waals surface area contributed by atoms with Gasteiger partial charge in [0, 0.05) is 25.6 Å². The molecule has 0 saturated carbocycles. The third-order valence-electron chi connectivity index (χ3n) is 3.85. The van der Waals surface area contributed by atoms with Crippen molar-refractivity contribution in [1.29, 1.82) is 0 Å². The highest BCUT2D eigenvalue weighted by molar-refractivity contribution is 5.27. The van der Waals surface area contributed by atoms with E-state index in [9.17, 15) is 0 Å². The normalized spacial score (nSPS) is 19.3. The largest absolute Gasteiger partial charge is 0.338 e. The van der Waals surface area contributed by atoms with Gasteiger partial charge in [-0.3, -0.25) is 0 Å². The molecule has 0 bridgehead atoms. The molecule has 5 heteroatoms. The number of nitrogens with two attached hydrogens (primary N) is 1. The minimum Gasteiger partial charge on any atom is -0.338 e. The summed E-state index contributed by atoms with van der Waals surface area (Å²) in [4.78, 5) is 6.72. The molecule has 0 aliphatic carbocycles. The van der Waals surface area contributed by atoms with Crippen LogP contribution in [0, 0.1) is 5.41 Å². The zero-order valence-corrected chi connectivity index (χ0v) is 12.4. The predicted molar refractivity (Wildman–Crippen MR) is 76.1 cm³/mol. The van der Waals surface area contributed by atoms with Crippen molar-refractivity contribution in [1.82, 2.24) is 10.1 Å². The highest BCUT2D eigenvalue weighted by Crippen LogP contribution is 2.21. The van der Waals surface area contributed by atoms with Gasteiger partial charge in [0.05, 0.1) is 0 Å². The number of anilines is 1. The minimum absolute atomic E-state index is 0.0323. The Labute approximate surface area is 115 Å². The lowest BCUT2D eigenvalue weighted by Crippen LogP contribution is -2.37. The predicted octanol–water partition coefficient (Wildman–Crippen LogP) is 2.37. The second kappa shape index (κ2) is 5.90. The fourth-order valence-electron chi connectivity index (χ4n) is 2.22. The Kier molecular flexibility index (Phi) is 4.45. The van der Waals surface area contributed by atoms with E-state index >= 15 is 0 Å². The average molecular weight is 266 g/mol. The first-order valence-corrected chi connectivity index (χ1v) is 7.30. The van der Waals surface area contributed by atoms with E-state index in [1.807, 2.05) is 0 Å². The maximum atomic E-state index is 6.15. The Morgan fingerprint density at radius 3 is 2.42 bits per heavy atom. The molecule has 0 amide bonds. The number of hydrogen-bond acceptors (Lipinski definition) is 5. The van der Waals surface area contributed by atoms with Crippen molar-refractivity contribution in [3.05, 3.63) is 5.89 Å². The summed E-state index contributed by atoms with van der Waals surface area (Å²) >= 11 is 0. The van der Waals surface area contributed by atoms with Crippen LogP contribution in [0.25, 0.3) is 0 Å². The summed E-state index contributed by atoms with van der Waals surface area (Å²) in [5.41, 5.74) is 6.21. The zero-order valence-electron chi connectivity index (χ0n) is 12.4. The van der Waals surface area contributed by atoms with Gasteiger partial charge in [-0.25, -0.2) is 0 Å². The van der Waals surface area contributed by atoms with Crippen LogP contribution in [0.15, 0.2) is 4.52 Å². The van der Waals surface area contributed by atoms with Gasteiger partial charge >= 0.3 is 0 Å². The fraction of sp³-hybridized carbons (Fsp3) is 0.857. The van der Waals surface area contributed by atoms with E-state index in [1.54, 1.807) is 0 Å². The van der Waals surface area contributed by atoms with E-state index in [-0.39, 0.29) is 11.5 Å². The molecule has 1 unspecified atom stereocenters. The molecule has 5 nitrogen and oxygen atoms in total. The van der Waals surface area contributed by atoms with Crippen LogP contribution in [0.1, 0.15) is 52.3 Å². The average Bonchev–Trinajstić information content (AvgIpc) is 2.62. The Bertz CT molecular complexity index is 388. The minimum atomic E-state index is 0.0323. The van der Waals surface area contributed by atoms with E-state index in [1.165, 1.54) is 25.7 Å². The van der Waals surface area contributed by atoms with Gasteiger partial charge in [0.15, 0.2) is 0 Å². The van der Waals surface area contributed by atoms with Crippen LogP contribution in [0.5, 0.6) is 0 Å². The SMILES string of the molecule is CC(C)(C)C(N)Cc1nc(N2CCCCCC2)no1. The fourth-order valence-corrected chi connectivity index (χ4v) is 2.22. The van der Waals surface area contributed by atoms with Crippen LogP contribution < -0.4 is 10.6 Å². The van der Waals surface area contributed by atoms with Gasteiger partial charge in [-0.1, -0.05) is 33.6 Å². The van der Waals surface area contributed by atoms with E-state index in [0.29, 0.717) is 12.3 Å². The highest BCUT2D eigenvalue weighted by atomic mass is 16.5. The van der Waals surface area contributed by atoms with Crippen LogP contribution in [0.2, 0.25) is 0 Å². The zero-order chi connectivity index (χ0) is 13.9. The van der Waals surface area contributed by atoms with Crippen molar-refractivity contribution >= 4 is 5.95 Å². The van der Waals surface area contributed by atoms with E-state index in [0.717, 1.165) is 19.0 Å². The van der Waals surface area contributed by atoms with Gasteiger partial charge in [-0.15, -0.1) is 0 Å². The molecule has 1 saturated heterocycles. The molecule has 19 heavy (non-hydrogen) atoms. The smallest absolute Gasteiger partial charge is 0.266 e. The number of nitrogens with zero attached hydrogens (tertiary/aromatic N) is 3. The summed E-state index contributed by atoms with van der Waals surface area (Å²) in [6.07, 6.45) is 5.67. The maximum absolute atomic E-state index is 6.15. The molecule has 0 radical (unpaired) electrons. The first-order chi connectivity index (χ1) is 8.97. The van der Waals surface area contributed by atoms with Crippen LogP contribution in [0.3, 0.4) is 0 Å². The van der Waals surface area contributed by atoms with Gasteiger partial charge in [0.1, 0.15) is 0 Å². The summed E-state index contributed by atoms with van der Waals surface area (Å²) in [6, 6.07) is 0.0323. The van der Waals surface area contributed by atoms with E-state index < -0.39 is 0 Å². The summed E-state index contributed by atoms with van der Waals surface area (Å²) in [5, 5.41) is 4.10. The lowest BCUT2D eigenvalue weighted by Gasteiger charge is -2.25. The van der Waals surface area contributed by atoms with E-state index in [4.69, 9.17) is 10.3 Å². The van der Waals surface area contributed by atoms with E-state index in [2.05, 4.69) is 35.8 Å². The molecule has 1 atom stereocenters. The second-order valence-electron chi connectivity index (χ2n) is 6.57. The standard InChI is InChI=1S/C14H26N4O/c1-14(2,3)11(15)10-12-16-13(17-19-12)18-8-6-4-5-7-9-18/h11H,4-10,15H2,1-3H3. The molecule has 1 aromatic heterocycles. The topological polar surface area (TPSA) is 68.2 Å². The summed E-state index contributed by atoms with van der Waals surface area (Å²) < 4.78 is 5.34. The molecule has 1 aliphatic heterocycles. The second-order valence-corrected chi connectivity index (χ2v) is 6.57. The van der Waals surface area contributed by atoms with Gasteiger partial charge in [0.2, 0.25) is 5.89 Å².